The van der Waals surface area contributed by atoms with Crippen LogP contribution in [0.25, 0.3) is 10.9 Å². The van der Waals surface area contributed by atoms with E-state index in [0.29, 0.717) is 53.4 Å². The van der Waals surface area contributed by atoms with E-state index in [2.05, 4.69) is 9.88 Å². The minimum absolute atomic E-state index is 0.0265. The molecule has 1 atom stereocenters. The minimum atomic E-state index is -4.41. The molecular weight excluding hydrogens is 405 g/mol. The summed E-state index contributed by atoms with van der Waals surface area (Å²) in [4.78, 5) is 6.31. The van der Waals surface area contributed by atoms with Crippen molar-refractivity contribution in [2.45, 2.75) is 12.2 Å². The van der Waals surface area contributed by atoms with Crippen LogP contribution in [-0.4, -0.2) is 41.3 Å². The average molecular weight is 423 g/mol. The summed E-state index contributed by atoms with van der Waals surface area (Å²) in [5.74, 6) is -0.0265. The number of alkyl halides is 3. The molecule has 1 aliphatic heterocycles. The molecule has 1 aliphatic rings. The first-order valence-corrected chi connectivity index (χ1v) is 9.49. The van der Waals surface area contributed by atoms with Gasteiger partial charge in [0.25, 0.3) is 0 Å². The van der Waals surface area contributed by atoms with Gasteiger partial charge in [0.05, 0.1) is 29.8 Å². The average Bonchev–Trinajstić information content (AvgIpc) is 2.72. The van der Waals surface area contributed by atoms with Crippen molar-refractivity contribution in [1.82, 2.24) is 9.88 Å². The van der Waals surface area contributed by atoms with Gasteiger partial charge in [0.1, 0.15) is 11.3 Å². The Bertz CT molecular complexity index is 1020. The predicted molar refractivity (Wildman–Crippen MR) is 104 cm³/mol. The second-order valence-corrected chi connectivity index (χ2v) is 7.27. The summed E-state index contributed by atoms with van der Waals surface area (Å²) in [7, 11) is 0. The number of phenols is 1. The van der Waals surface area contributed by atoms with Crippen LogP contribution < -0.4 is 0 Å². The normalized spacial score (nSPS) is 16.8. The molecule has 4 rings (SSSR count). The van der Waals surface area contributed by atoms with Gasteiger partial charge in [-0.05, 0) is 35.9 Å². The Morgan fingerprint density at radius 2 is 1.79 bits per heavy atom. The largest absolute Gasteiger partial charge is 0.505 e. The van der Waals surface area contributed by atoms with Gasteiger partial charge in [0, 0.05) is 30.2 Å². The highest BCUT2D eigenvalue weighted by atomic mass is 35.5. The maximum absolute atomic E-state index is 13.0. The van der Waals surface area contributed by atoms with Gasteiger partial charge in [-0.3, -0.25) is 9.88 Å². The number of morpholine rings is 1. The molecule has 29 heavy (non-hydrogen) atoms. The smallest absolute Gasteiger partial charge is 0.416 e. The van der Waals surface area contributed by atoms with Crippen LogP contribution in [0.15, 0.2) is 48.7 Å². The van der Waals surface area contributed by atoms with Gasteiger partial charge in [-0.15, -0.1) is 0 Å². The molecule has 2 aromatic carbocycles. The van der Waals surface area contributed by atoms with E-state index in [9.17, 15) is 18.3 Å². The second kappa shape index (κ2) is 7.82. The zero-order chi connectivity index (χ0) is 20.6. The van der Waals surface area contributed by atoms with Crippen LogP contribution in [0.2, 0.25) is 5.02 Å². The van der Waals surface area contributed by atoms with Gasteiger partial charge in [-0.25, -0.2) is 0 Å². The number of benzene rings is 2. The molecule has 152 valence electrons. The lowest BCUT2D eigenvalue weighted by Crippen LogP contribution is -2.39. The van der Waals surface area contributed by atoms with Crippen molar-refractivity contribution in [2.24, 2.45) is 0 Å². The summed E-state index contributed by atoms with van der Waals surface area (Å²) in [6.45, 7) is 2.14. The number of nitrogens with zero attached hydrogens (tertiary/aromatic N) is 2. The Morgan fingerprint density at radius 3 is 2.45 bits per heavy atom. The molecule has 1 saturated heterocycles. The summed E-state index contributed by atoms with van der Waals surface area (Å²) in [6.07, 6.45) is -2.85. The first-order chi connectivity index (χ1) is 13.9. The van der Waals surface area contributed by atoms with E-state index >= 15 is 0 Å². The van der Waals surface area contributed by atoms with Gasteiger partial charge in [-0.2, -0.15) is 13.2 Å². The molecule has 1 fully saturated rings. The number of hydrogen-bond acceptors (Lipinski definition) is 4. The van der Waals surface area contributed by atoms with Crippen molar-refractivity contribution in [2.75, 3.05) is 26.3 Å². The molecule has 2 heterocycles. The Kier molecular flexibility index (Phi) is 5.38. The zero-order valence-electron chi connectivity index (χ0n) is 15.3. The maximum atomic E-state index is 13.0. The fourth-order valence-corrected chi connectivity index (χ4v) is 3.96. The molecule has 0 saturated carbocycles. The fraction of sp³-hybridized carbons (Fsp3) is 0.286. The highest BCUT2D eigenvalue weighted by Gasteiger charge is 2.32. The van der Waals surface area contributed by atoms with Crippen molar-refractivity contribution < 1.29 is 23.0 Å². The predicted octanol–water partition coefficient (Wildman–Crippen LogP) is 5.03. The van der Waals surface area contributed by atoms with Gasteiger partial charge in [-0.1, -0.05) is 23.7 Å². The Hall–Kier alpha value is -2.35. The molecule has 1 aromatic heterocycles. The number of aromatic hydroxyl groups is 1. The van der Waals surface area contributed by atoms with Crippen molar-refractivity contribution in [3.63, 3.8) is 0 Å². The molecule has 0 bridgehead atoms. The third kappa shape index (κ3) is 3.90. The van der Waals surface area contributed by atoms with Crippen LogP contribution in [0.3, 0.4) is 0 Å². The zero-order valence-corrected chi connectivity index (χ0v) is 16.0. The van der Waals surface area contributed by atoms with E-state index in [1.54, 1.807) is 24.4 Å². The Balaban J connectivity index is 1.85. The Morgan fingerprint density at radius 1 is 1.10 bits per heavy atom. The lowest BCUT2D eigenvalue weighted by Gasteiger charge is -2.35. The van der Waals surface area contributed by atoms with E-state index in [0.717, 1.165) is 12.1 Å². The summed E-state index contributed by atoms with van der Waals surface area (Å²) in [5.41, 5.74) is 0.772. The van der Waals surface area contributed by atoms with Gasteiger partial charge in [0.15, 0.2) is 0 Å². The van der Waals surface area contributed by atoms with Crippen LogP contribution in [0.4, 0.5) is 13.2 Å². The first-order valence-electron chi connectivity index (χ1n) is 9.11. The van der Waals surface area contributed by atoms with Crippen LogP contribution in [0.1, 0.15) is 22.7 Å². The first kappa shape index (κ1) is 19.9. The highest BCUT2D eigenvalue weighted by Crippen LogP contribution is 2.41. The molecular formula is C21H18ClF3N2O2. The number of fused-ring (bicyclic) bond motifs is 1. The van der Waals surface area contributed by atoms with E-state index in [1.807, 2.05) is 0 Å². The Labute approximate surface area is 170 Å². The monoisotopic (exact) mass is 422 g/mol. The number of aromatic nitrogens is 1. The molecule has 1 N–H and O–H groups in total. The lowest BCUT2D eigenvalue weighted by atomic mass is 9.93. The maximum Gasteiger partial charge on any atom is 0.416 e. The highest BCUT2D eigenvalue weighted by molar-refractivity contribution is 6.35. The number of hydrogen-bond donors (Lipinski definition) is 1. The quantitative estimate of drug-likeness (QED) is 0.642. The van der Waals surface area contributed by atoms with Crippen molar-refractivity contribution >= 4 is 22.5 Å². The number of pyridine rings is 1. The summed E-state index contributed by atoms with van der Waals surface area (Å²) >= 11 is 6.45. The fourth-order valence-electron chi connectivity index (χ4n) is 3.69. The van der Waals surface area contributed by atoms with Gasteiger partial charge < -0.3 is 9.84 Å². The molecule has 0 spiro atoms. The van der Waals surface area contributed by atoms with E-state index in [1.165, 1.54) is 12.1 Å². The van der Waals surface area contributed by atoms with E-state index in [-0.39, 0.29) is 5.75 Å². The summed E-state index contributed by atoms with van der Waals surface area (Å²) < 4.78 is 44.4. The van der Waals surface area contributed by atoms with Gasteiger partial charge >= 0.3 is 6.18 Å². The summed E-state index contributed by atoms with van der Waals surface area (Å²) in [6, 6.07) is 9.67. The number of phenolic OH excluding ortho intramolecular Hbond substituents is 1. The topological polar surface area (TPSA) is 45.6 Å². The molecule has 3 aromatic rings. The van der Waals surface area contributed by atoms with Crippen molar-refractivity contribution in [1.29, 1.82) is 0 Å². The molecule has 8 heteroatoms. The standard InChI is InChI=1S/C21H18ClF3N2O2/c22-17-12-16(20(28)18-15(17)2-1-7-26-18)19(27-8-10-29-11-9-27)13-3-5-14(6-4-13)21(23,24)25/h1-7,12,19,28H,8-11H2. The third-order valence-electron chi connectivity index (χ3n) is 5.10. The van der Waals surface area contributed by atoms with Crippen molar-refractivity contribution in [3.05, 3.63) is 70.4 Å². The molecule has 0 amide bonds. The van der Waals surface area contributed by atoms with Crippen molar-refractivity contribution in [3.8, 4) is 5.75 Å². The lowest BCUT2D eigenvalue weighted by molar-refractivity contribution is -0.137. The third-order valence-corrected chi connectivity index (χ3v) is 5.42. The SMILES string of the molecule is Oc1c(C(c2ccc(C(F)(F)F)cc2)N2CCOCC2)cc(Cl)c2cccnc12. The number of ether oxygens (including phenoxy) is 1. The van der Waals surface area contributed by atoms with Crippen LogP contribution in [0, 0.1) is 0 Å². The minimum Gasteiger partial charge on any atom is -0.505 e. The van der Waals surface area contributed by atoms with E-state index in [4.69, 9.17) is 16.3 Å². The number of rotatable bonds is 3. The molecule has 0 aliphatic carbocycles. The van der Waals surface area contributed by atoms with Crippen LogP contribution in [-0.2, 0) is 10.9 Å². The second-order valence-electron chi connectivity index (χ2n) is 6.87. The van der Waals surface area contributed by atoms with Crippen LogP contribution >= 0.6 is 11.6 Å². The summed E-state index contributed by atoms with van der Waals surface area (Å²) in [5, 5.41) is 12.0. The van der Waals surface area contributed by atoms with Crippen LogP contribution in [0.5, 0.6) is 5.75 Å². The molecule has 0 radical (unpaired) electrons. The molecule has 1 unspecified atom stereocenters. The number of halogens is 4. The molecule has 4 nitrogen and oxygen atoms in total. The van der Waals surface area contributed by atoms with Gasteiger partial charge in [0.2, 0.25) is 0 Å². The van der Waals surface area contributed by atoms with E-state index < -0.39 is 17.8 Å².